The summed E-state index contributed by atoms with van der Waals surface area (Å²) in [7, 11) is -9.99. The fraction of sp³-hybridized carbons (Fsp3) is 0.696. The lowest BCUT2D eigenvalue weighted by atomic mass is 10.1. The molecule has 0 aromatic rings. The molecule has 0 saturated heterocycles. The van der Waals surface area contributed by atoms with E-state index in [4.69, 9.17) is 37.0 Å². The van der Waals surface area contributed by atoms with Crippen LogP contribution < -0.4 is 0 Å². The third kappa shape index (κ3) is 69.9. The molecule has 98 heavy (non-hydrogen) atoms. The number of ether oxygens (including phenoxy) is 4. The summed E-state index contributed by atoms with van der Waals surface area (Å²) in [6, 6.07) is 0. The van der Waals surface area contributed by atoms with Crippen LogP contribution in [-0.4, -0.2) is 96.7 Å². The van der Waals surface area contributed by atoms with Gasteiger partial charge in [0.05, 0.1) is 32.8 Å². The minimum absolute atomic E-state index is 0.0799. The number of aliphatic hydroxyl groups excluding tert-OH is 1. The first-order chi connectivity index (χ1) is 47.7. The molecule has 0 aromatic heterocycles. The normalized spacial score (nSPS) is 14.6. The molecule has 562 valence electrons. The first-order valence-electron chi connectivity index (χ1n) is 37.8. The lowest BCUT2D eigenvalue weighted by molar-refractivity contribution is -0.161. The van der Waals surface area contributed by atoms with E-state index in [9.17, 15) is 43.2 Å². The summed E-state index contributed by atoms with van der Waals surface area (Å²) in [6.07, 6.45) is 76.5. The monoisotopic (exact) mass is 1420 g/mol. The number of esters is 4. The fourth-order valence-electron chi connectivity index (χ4n) is 9.71. The fourth-order valence-corrected chi connectivity index (χ4v) is 11.3. The number of unbranched alkanes of at least 4 members (excludes halogenated alkanes) is 25. The minimum atomic E-state index is -5.00. The smallest absolute Gasteiger partial charge is 0.462 e. The van der Waals surface area contributed by atoms with E-state index >= 15 is 0 Å². The van der Waals surface area contributed by atoms with Crippen molar-refractivity contribution in [1.82, 2.24) is 0 Å². The van der Waals surface area contributed by atoms with Crippen LogP contribution in [0.2, 0.25) is 0 Å². The van der Waals surface area contributed by atoms with Crippen LogP contribution in [-0.2, 0) is 65.4 Å². The summed E-state index contributed by atoms with van der Waals surface area (Å²) >= 11 is 0. The van der Waals surface area contributed by atoms with Gasteiger partial charge < -0.3 is 33.8 Å². The van der Waals surface area contributed by atoms with E-state index in [0.717, 1.165) is 167 Å². The van der Waals surface area contributed by atoms with Gasteiger partial charge in [-0.3, -0.25) is 37.3 Å². The maximum atomic E-state index is 13.1. The minimum Gasteiger partial charge on any atom is -0.462 e. The van der Waals surface area contributed by atoms with Gasteiger partial charge in [0.2, 0.25) is 0 Å². The molecule has 0 bridgehead atoms. The summed E-state index contributed by atoms with van der Waals surface area (Å²) in [5.41, 5.74) is 0. The second-order valence-corrected chi connectivity index (χ2v) is 27.7. The van der Waals surface area contributed by atoms with Crippen LogP contribution in [0.25, 0.3) is 0 Å². The molecule has 0 spiro atoms. The summed E-state index contributed by atoms with van der Waals surface area (Å²) in [5.74, 6) is -2.35. The molecule has 19 heteroatoms. The van der Waals surface area contributed by atoms with E-state index in [1.807, 2.05) is 12.2 Å². The van der Waals surface area contributed by atoms with Crippen LogP contribution in [0, 0.1) is 0 Å². The zero-order valence-electron chi connectivity index (χ0n) is 61.2. The largest absolute Gasteiger partial charge is 0.472 e. The molecule has 0 fully saturated rings. The van der Waals surface area contributed by atoms with Crippen LogP contribution in [0.1, 0.15) is 297 Å². The van der Waals surface area contributed by atoms with Crippen molar-refractivity contribution < 1.29 is 80.2 Å². The highest BCUT2D eigenvalue weighted by molar-refractivity contribution is 7.47. The summed E-state index contributed by atoms with van der Waals surface area (Å²) in [4.78, 5) is 72.7. The molecule has 0 aliphatic rings. The van der Waals surface area contributed by atoms with Gasteiger partial charge in [-0.1, -0.05) is 258 Å². The van der Waals surface area contributed by atoms with Gasteiger partial charge in [0.15, 0.2) is 12.2 Å². The summed E-state index contributed by atoms with van der Waals surface area (Å²) in [6.45, 7) is 4.47. The standard InChI is InChI=1S/C79H134O17P2/c1-5-9-13-17-21-25-29-33-35-36-38-41-44-48-52-56-60-64-77(82)90-70-75(96-79(84)66-62-58-54-50-46-42-37-34-30-26-22-18-14-10-6-2)72-94-98(87,88)92-68-73(80)67-91-97(85,86)93-71-74(95-78(83)65-61-57-53-49-45-40-32-28-24-20-16-12-8-4)69-89-76(81)63-59-55-51-47-43-39-31-27-23-19-15-11-7-3/h9-10,13-14,21-22,25-28,31-35,37,46,50,58,62,73-75,80H,5-8,11-12,15-20,23-24,29-30,36,38-45,47-49,51-57,59-61,63-72H2,1-4H3,(H,85,86)(H,87,88)/b13-9-,14-10-,25-21-,26-22-,31-27-,32-28-,35-33-,37-34-,50-46-,62-58-. The Hall–Kier alpha value is -4.54. The Labute approximate surface area is 593 Å². The van der Waals surface area contributed by atoms with Gasteiger partial charge in [-0.2, -0.15) is 0 Å². The second kappa shape index (κ2) is 70.9. The van der Waals surface area contributed by atoms with Gasteiger partial charge in [0.1, 0.15) is 19.3 Å². The Morgan fingerprint density at radius 1 is 0.306 bits per heavy atom. The topological polar surface area (TPSA) is 237 Å². The third-order valence-electron chi connectivity index (χ3n) is 15.4. The van der Waals surface area contributed by atoms with E-state index < -0.39 is 97.5 Å². The molecule has 0 radical (unpaired) electrons. The highest BCUT2D eigenvalue weighted by atomic mass is 31.2. The number of phosphoric ester groups is 2. The number of hydrogen-bond donors (Lipinski definition) is 3. The summed E-state index contributed by atoms with van der Waals surface area (Å²) < 4.78 is 68.3. The van der Waals surface area contributed by atoms with Crippen LogP contribution in [0.3, 0.4) is 0 Å². The quantitative estimate of drug-likeness (QED) is 0.0169. The Morgan fingerprint density at radius 2 is 0.571 bits per heavy atom. The van der Waals surface area contributed by atoms with Crippen molar-refractivity contribution in [2.45, 2.75) is 316 Å². The molecular weight excluding hydrogens is 1280 g/mol. The van der Waals surface area contributed by atoms with Crippen molar-refractivity contribution in [1.29, 1.82) is 0 Å². The van der Waals surface area contributed by atoms with Crippen molar-refractivity contribution in [3.8, 4) is 0 Å². The van der Waals surface area contributed by atoms with E-state index in [-0.39, 0.29) is 25.7 Å². The van der Waals surface area contributed by atoms with Crippen molar-refractivity contribution >= 4 is 39.5 Å². The van der Waals surface area contributed by atoms with Gasteiger partial charge in [0, 0.05) is 19.3 Å². The number of phosphoric acid groups is 2. The molecule has 0 rings (SSSR count). The molecule has 0 saturated carbocycles. The van der Waals surface area contributed by atoms with Gasteiger partial charge in [-0.05, 0) is 135 Å². The molecule has 3 N–H and O–H groups in total. The number of carbonyl (C=O) groups excluding carboxylic acids is 4. The molecule has 5 unspecified atom stereocenters. The number of carbonyl (C=O) groups is 4. The number of hydrogen-bond acceptors (Lipinski definition) is 15. The Morgan fingerprint density at radius 3 is 0.918 bits per heavy atom. The molecule has 0 aliphatic carbocycles. The van der Waals surface area contributed by atoms with E-state index in [0.29, 0.717) is 25.7 Å². The van der Waals surface area contributed by atoms with Crippen LogP contribution >= 0.6 is 15.6 Å². The number of aliphatic hydroxyl groups is 1. The molecule has 17 nitrogen and oxygen atoms in total. The lowest BCUT2D eigenvalue weighted by Crippen LogP contribution is -2.30. The zero-order chi connectivity index (χ0) is 71.8. The molecular formula is C79H134O17P2. The average Bonchev–Trinajstić information content (AvgIpc) is 1.02. The highest BCUT2D eigenvalue weighted by Gasteiger charge is 2.30. The van der Waals surface area contributed by atoms with Gasteiger partial charge in [-0.25, -0.2) is 9.13 Å². The maximum Gasteiger partial charge on any atom is 0.472 e. The zero-order valence-corrected chi connectivity index (χ0v) is 63.0. The molecule has 0 aromatic carbocycles. The Kier molecular flexibility index (Phi) is 67.6. The van der Waals surface area contributed by atoms with Gasteiger partial charge >= 0.3 is 39.5 Å². The first kappa shape index (κ1) is 93.5. The van der Waals surface area contributed by atoms with E-state index in [1.165, 1.54) is 51.4 Å². The number of allylic oxidation sites excluding steroid dienone is 19. The van der Waals surface area contributed by atoms with Crippen LogP contribution in [0.5, 0.6) is 0 Å². The van der Waals surface area contributed by atoms with Crippen LogP contribution in [0.4, 0.5) is 0 Å². The Bertz CT molecular complexity index is 2340. The molecule has 0 heterocycles. The SMILES string of the molecule is CC/C=C\C/C=C\C/C=C\C/C=C\C/C=C\CC(=O)OC(COC(=O)CCCCCCCCC/C=C\C/C=C\C/C=C\CC)COP(=O)(O)OCC(O)COP(=O)(O)OCC(COC(=O)CCCCCCC/C=C\CCCCCC)OC(=O)CCCCCCC/C=C\CCCCCC. The maximum absolute atomic E-state index is 13.1. The lowest BCUT2D eigenvalue weighted by Gasteiger charge is -2.21. The van der Waals surface area contributed by atoms with Crippen molar-refractivity contribution in [3.05, 3.63) is 122 Å². The average molecular weight is 1420 g/mol. The van der Waals surface area contributed by atoms with E-state index in [1.54, 1.807) is 12.2 Å². The highest BCUT2D eigenvalue weighted by Crippen LogP contribution is 2.45. The first-order valence-corrected chi connectivity index (χ1v) is 40.8. The van der Waals surface area contributed by atoms with Crippen LogP contribution in [0.15, 0.2) is 122 Å². The predicted molar refractivity (Wildman–Crippen MR) is 399 cm³/mol. The number of rotatable bonds is 70. The van der Waals surface area contributed by atoms with Crippen molar-refractivity contribution in [2.75, 3.05) is 39.6 Å². The molecule has 5 atom stereocenters. The third-order valence-corrected chi connectivity index (χ3v) is 17.3. The Balaban J connectivity index is 5.42. The molecule has 0 amide bonds. The van der Waals surface area contributed by atoms with Crippen molar-refractivity contribution in [2.24, 2.45) is 0 Å². The predicted octanol–water partition coefficient (Wildman–Crippen LogP) is 21.6. The van der Waals surface area contributed by atoms with Crippen molar-refractivity contribution in [3.63, 3.8) is 0 Å². The molecule has 0 aliphatic heterocycles. The second-order valence-electron chi connectivity index (χ2n) is 24.8. The van der Waals surface area contributed by atoms with Gasteiger partial charge in [0.25, 0.3) is 0 Å². The van der Waals surface area contributed by atoms with Gasteiger partial charge in [-0.15, -0.1) is 0 Å². The summed E-state index contributed by atoms with van der Waals surface area (Å²) in [5, 5.41) is 10.6. The van der Waals surface area contributed by atoms with E-state index in [2.05, 4.69) is 125 Å².